The van der Waals surface area contributed by atoms with Crippen molar-refractivity contribution in [3.8, 4) is 17.0 Å². The third-order valence-corrected chi connectivity index (χ3v) is 6.07. The minimum absolute atomic E-state index is 0.0466. The molecule has 0 unspecified atom stereocenters. The van der Waals surface area contributed by atoms with Crippen molar-refractivity contribution in [1.29, 1.82) is 0 Å². The Morgan fingerprint density at radius 2 is 1.80 bits per heavy atom. The average molecular weight is 416 g/mol. The molecule has 1 aromatic heterocycles. The molecule has 1 N–H and O–H groups in total. The van der Waals surface area contributed by atoms with Crippen molar-refractivity contribution in [3.05, 3.63) is 42.1 Å². The Balaban J connectivity index is 1.55. The van der Waals surface area contributed by atoms with E-state index in [1.807, 2.05) is 0 Å². The standard InChI is InChI=1S/C23H26F2N2O3/c24-19-13-16(18-6-3-9-26-23(18)30-17-4-1-2-5-17)14-20(25)22(19)27-10-7-15(8-11-27)12-21(28)29/h3,6,9,13-15,17H,1-2,4-5,7-8,10-12H2,(H,28,29). The first-order valence-electron chi connectivity index (χ1n) is 10.6. The van der Waals surface area contributed by atoms with E-state index in [1.54, 1.807) is 23.2 Å². The van der Waals surface area contributed by atoms with Crippen LogP contribution in [0.3, 0.4) is 0 Å². The molecule has 5 nitrogen and oxygen atoms in total. The molecule has 2 heterocycles. The molecule has 1 aromatic carbocycles. The molecule has 2 fully saturated rings. The summed E-state index contributed by atoms with van der Waals surface area (Å²) in [6.07, 6.45) is 7.20. The predicted octanol–water partition coefficient (Wildman–Crippen LogP) is 5.04. The van der Waals surface area contributed by atoms with Gasteiger partial charge in [0.05, 0.1) is 0 Å². The van der Waals surface area contributed by atoms with E-state index < -0.39 is 17.6 Å². The number of carbonyl (C=O) groups is 1. The van der Waals surface area contributed by atoms with Crippen molar-refractivity contribution in [1.82, 2.24) is 4.98 Å². The van der Waals surface area contributed by atoms with E-state index in [1.165, 1.54) is 12.1 Å². The number of halogens is 2. The molecule has 0 amide bonds. The summed E-state index contributed by atoms with van der Waals surface area (Å²) in [4.78, 5) is 16.9. The minimum atomic E-state index is -0.831. The van der Waals surface area contributed by atoms with Gasteiger partial charge < -0.3 is 14.7 Å². The van der Waals surface area contributed by atoms with Crippen LogP contribution in [-0.4, -0.2) is 35.3 Å². The van der Waals surface area contributed by atoms with Crippen LogP contribution in [0.2, 0.25) is 0 Å². The van der Waals surface area contributed by atoms with Crippen LogP contribution in [-0.2, 0) is 4.79 Å². The number of hydrogen-bond donors (Lipinski definition) is 1. The molecule has 0 bridgehead atoms. The van der Waals surface area contributed by atoms with E-state index >= 15 is 0 Å². The van der Waals surface area contributed by atoms with Gasteiger partial charge in [0.25, 0.3) is 0 Å². The van der Waals surface area contributed by atoms with Gasteiger partial charge in [-0.15, -0.1) is 0 Å². The summed E-state index contributed by atoms with van der Waals surface area (Å²) in [6, 6.07) is 6.16. The van der Waals surface area contributed by atoms with Crippen LogP contribution in [0.5, 0.6) is 5.88 Å². The van der Waals surface area contributed by atoms with Gasteiger partial charge in [0, 0.05) is 31.3 Å². The van der Waals surface area contributed by atoms with Crippen LogP contribution in [0.4, 0.5) is 14.5 Å². The van der Waals surface area contributed by atoms with Crippen molar-refractivity contribution >= 4 is 11.7 Å². The van der Waals surface area contributed by atoms with Crippen LogP contribution in [0.1, 0.15) is 44.9 Å². The summed E-state index contributed by atoms with van der Waals surface area (Å²) >= 11 is 0. The lowest BCUT2D eigenvalue weighted by molar-refractivity contribution is -0.138. The summed E-state index contributed by atoms with van der Waals surface area (Å²) in [5, 5.41) is 8.94. The number of pyridine rings is 1. The predicted molar refractivity (Wildman–Crippen MR) is 110 cm³/mol. The van der Waals surface area contributed by atoms with Crippen LogP contribution in [0, 0.1) is 17.6 Å². The normalized spacial score (nSPS) is 18.0. The Labute approximate surface area is 174 Å². The second kappa shape index (κ2) is 8.98. The second-order valence-electron chi connectivity index (χ2n) is 8.20. The highest BCUT2D eigenvalue weighted by Gasteiger charge is 2.26. The molecule has 1 saturated carbocycles. The number of carboxylic acids is 1. The molecule has 4 rings (SSSR count). The van der Waals surface area contributed by atoms with E-state index in [0.29, 0.717) is 42.9 Å². The molecule has 1 saturated heterocycles. The van der Waals surface area contributed by atoms with Crippen molar-refractivity contribution in [2.24, 2.45) is 5.92 Å². The Hall–Kier alpha value is -2.70. The molecule has 2 aliphatic rings. The molecule has 0 spiro atoms. The third kappa shape index (κ3) is 4.55. The lowest BCUT2D eigenvalue weighted by Crippen LogP contribution is -2.35. The number of carboxylic acid groups (broad SMARTS) is 1. The molecule has 0 atom stereocenters. The summed E-state index contributed by atoms with van der Waals surface area (Å²) in [6.45, 7) is 0.877. The topological polar surface area (TPSA) is 62.7 Å². The van der Waals surface area contributed by atoms with Crippen molar-refractivity contribution in [3.63, 3.8) is 0 Å². The van der Waals surface area contributed by atoms with Gasteiger partial charge in [0.2, 0.25) is 5.88 Å². The molecule has 30 heavy (non-hydrogen) atoms. The smallest absolute Gasteiger partial charge is 0.303 e. The van der Waals surface area contributed by atoms with Gasteiger partial charge >= 0.3 is 5.97 Å². The summed E-state index contributed by atoms with van der Waals surface area (Å²) in [5.74, 6) is -1.63. The quantitative estimate of drug-likeness (QED) is 0.715. The van der Waals surface area contributed by atoms with Crippen molar-refractivity contribution in [2.75, 3.05) is 18.0 Å². The maximum atomic E-state index is 15.0. The zero-order valence-corrected chi connectivity index (χ0v) is 16.8. The number of nitrogens with zero attached hydrogens (tertiary/aromatic N) is 2. The fourth-order valence-electron chi connectivity index (χ4n) is 4.50. The number of ether oxygens (including phenoxy) is 1. The number of rotatable bonds is 6. The van der Waals surface area contributed by atoms with Gasteiger partial charge in [-0.05, 0) is 74.3 Å². The number of benzene rings is 1. The Bertz CT molecular complexity index is 884. The van der Waals surface area contributed by atoms with Crippen LogP contribution in [0.25, 0.3) is 11.1 Å². The summed E-state index contributed by atoms with van der Waals surface area (Å²) in [7, 11) is 0. The first kappa shape index (κ1) is 20.6. The minimum Gasteiger partial charge on any atom is -0.481 e. The zero-order chi connectivity index (χ0) is 21.1. The maximum Gasteiger partial charge on any atom is 0.303 e. The lowest BCUT2D eigenvalue weighted by Gasteiger charge is -2.33. The molecular weight excluding hydrogens is 390 g/mol. The van der Waals surface area contributed by atoms with Gasteiger partial charge in [-0.3, -0.25) is 4.79 Å². The van der Waals surface area contributed by atoms with E-state index in [0.717, 1.165) is 25.7 Å². The molecule has 0 radical (unpaired) electrons. The molecule has 2 aromatic rings. The Morgan fingerprint density at radius 1 is 1.13 bits per heavy atom. The fraction of sp³-hybridized carbons (Fsp3) is 0.478. The molecule has 160 valence electrons. The van der Waals surface area contributed by atoms with Crippen molar-refractivity contribution < 1.29 is 23.4 Å². The van der Waals surface area contributed by atoms with E-state index in [-0.39, 0.29) is 24.1 Å². The average Bonchev–Trinajstić information content (AvgIpc) is 3.22. The van der Waals surface area contributed by atoms with Gasteiger partial charge in [-0.2, -0.15) is 0 Å². The fourth-order valence-corrected chi connectivity index (χ4v) is 4.50. The Morgan fingerprint density at radius 3 is 2.43 bits per heavy atom. The van der Waals surface area contributed by atoms with Gasteiger partial charge in [0.15, 0.2) is 0 Å². The van der Waals surface area contributed by atoms with Gasteiger partial charge in [-0.25, -0.2) is 13.8 Å². The maximum absolute atomic E-state index is 15.0. The molecule has 1 aliphatic heterocycles. The summed E-state index contributed by atoms with van der Waals surface area (Å²) < 4.78 is 36.0. The van der Waals surface area contributed by atoms with Gasteiger partial charge in [-0.1, -0.05) is 0 Å². The zero-order valence-electron chi connectivity index (χ0n) is 16.8. The largest absolute Gasteiger partial charge is 0.481 e. The highest BCUT2D eigenvalue weighted by molar-refractivity contribution is 5.71. The van der Waals surface area contributed by atoms with E-state index in [4.69, 9.17) is 9.84 Å². The van der Waals surface area contributed by atoms with Gasteiger partial charge in [0.1, 0.15) is 23.4 Å². The summed E-state index contributed by atoms with van der Waals surface area (Å²) in [5.41, 5.74) is 0.930. The monoisotopic (exact) mass is 416 g/mol. The SMILES string of the molecule is O=C(O)CC1CCN(c2c(F)cc(-c3cccnc3OC3CCCC3)cc2F)CC1. The molecule has 1 aliphatic carbocycles. The molecular formula is C23H26F2N2O3. The number of anilines is 1. The first-order chi connectivity index (χ1) is 14.5. The van der Waals surface area contributed by atoms with E-state index in [2.05, 4.69) is 4.98 Å². The van der Waals surface area contributed by atoms with Crippen LogP contribution < -0.4 is 9.64 Å². The Kier molecular flexibility index (Phi) is 6.16. The number of aliphatic carboxylic acids is 1. The highest BCUT2D eigenvalue weighted by Crippen LogP contribution is 2.36. The highest BCUT2D eigenvalue weighted by atomic mass is 19.1. The third-order valence-electron chi connectivity index (χ3n) is 6.07. The number of aromatic nitrogens is 1. The van der Waals surface area contributed by atoms with Crippen LogP contribution >= 0.6 is 0 Å². The second-order valence-corrected chi connectivity index (χ2v) is 8.20. The first-order valence-corrected chi connectivity index (χ1v) is 10.6. The van der Waals surface area contributed by atoms with E-state index in [9.17, 15) is 13.6 Å². The lowest BCUT2D eigenvalue weighted by atomic mass is 9.93. The molecule has 7 heteroatoms. The number of hydrogen-bond acceptors (Lipinski definition) is 4. The van der Waals surface area contributed by atoms with Crippen LogP contribution in [0.15, 0.2) is 30.5 Å². The van der Waals surface area contributed by atoms with Crippen molar-refractivity contribution in [2.45, 2.75) is 51.0 Å². The number of piperidine rings is 1.